The molecule has 0 saturated carbocycles. The van der Waals surface area contributed by atoms with Crippen molar-refractivity contribution in [2.45, 2.75) is 13.3 Å². The first-order valence-electron chi connectivity index (χ1n) is 6.40. The van der Waals surface area contributed by atoms with Crippen molar-refractivity contribution in [2.24, 2.45) is 0 Å². The third kappa shape index (κ3) is 2.08. The maximum absolute atomic E-state index is 12.7. The summed E-state index contributed by atoms with van der Waals surface area (Å²) in [5.41, 5.74) is 2.75. The maximum Gasteiger partial charge on any atom is 0.194 e. The third-order valence-corrected chi connectivity index (χ3v) is 4.33. The van der Waals surface area contributed by atoms with E-state index in [9.17, 15) is 4.79 Å². The molecule has 0 aliphatic heterocycles. The Morgan fingerprint density at radius 2 is 1.79 bits per heavy atom. The molecule has 0 bridgehead atoms. The zero-order valence-electron chi connectivity index (χ0n) is 10.7. The SMILES string of the molecule is CCc1ccccc1C(=O)c1cccc2ccsc12. The molecule has 0 fully saturated rings. The highest BCUT2D eigenvalue weighted by molar-refractivity contribution is 7.17. The van der Waals surface area contributed by atoms with Gasteiger partial charge >= 0.3 is 0 Å². The summed E-state index contributed by atoms with van der Waals surface area (Å²) in [5, 5.41) is 3.18. The van der Waals surface area contributed by atoms with E-state index in [2.05, 4.69) is 13.0 Å². The van der Waals surface area contributed by atoms with Crippen molar-refractivity contribution in [3.05, 3.63) is 70.6 Å². The molecule has 3 rings (SSSR count). The number of hydrogen-bond donors (Lipinski definition) is 0. The van der Waals surface area contributed by atoms with E-state index in [4.69, 9.17) is 0 Å². The van der Waals surface area contributed by atoms with Crippen LogP contribution in [0.4, 0.5) is 0 Å². The van der Waals surface area contributed by atoms with Crippen LogP contribution in [0.25, 0.3) is 10.1 Å². The second kappa shape index (κ2) is 4.98. The van der Waals surface area contributed by atoms with E-state index >= 15 is 0 Å². The summed E-state index contributed by atoms with van der Waals surface area (Å²) in [7, 11) is 0. The third-order valence-electron chi connectivity index (χ3n) is 3.37. The first-order chi connectivity index (χ1) is 9.31. The molecule has 0 spiro atoms. The average Bonchev–Trinajstić information content (AvgIpc) is 2.94. The fraction of sp³-hybridized carbons (Fsp3) is 0.118. The Bertz CT molecular complexity index is 740. The highest BCUT2D eigenvalue weighted by Gasteiger charge is 2.15. The molecule has 94 valence electrons. The Morgan fingerprint density at radius 3 is 2.63 bits per heavy atom. The lowest BCUT2D eigenvalue weighted by Gasteiger charge is -2.07. The zero-order chi connectivity index (χ0) is 13.2. The van der Waals surface area contributed by atoms with Gasteiger partial charge in [0.1, 0.15) is 0 Å². The lowest BCUT2D eigenvalue weighted by molar-refractivity contribution is 0.103. The largest absolute Gasteiger partial charge is 0.289 e. The standard InChI is InChI=1S/C17H14OS/c1-2-12-6-3-4-8-14(12)16(18)15-9-5-7-13-10-11-19-17(13)15/h3-11H,2H2,1H3. The molecular formula is C17H14OS. The minimum atomic E-state index is 0.130. The highest BCUT2D eigenvalue weighted by atomic mass is 32.1. The Kier molecular flexibility index (Phi) is 3.18. The Morgan fingerprint density at radius 1 is 1.00 bits per heavy atom. The molecule has 0 aliphatic rings. The molecule has 3 aromatic rings. The first kappa shape index (κ1) is 12.1. The van der Waals surface area contributed by atoms with Crippen LogP contribution in [-0.4, -0.2) is 5.78 Å². The summed E-state index contributed by atoms with van der Waals surface area (Å²) in [6.07, 6.45) is 0.877. The lowest BCUT2D eigenvalue weighted by Crippen LogP contribution is -2.05. The molecule has 1 heterocycles. The van der Waals surface area contributed by atoms with Gasteiger partial charge in [0, 0.05) is 15.8 Å². The minimum Gasteiger partial charge on any atom is -0.289 e. The molecule has 0 amide bonds. The average molecular weight is 266 g/mol. The van der Waals surface area contributed by atoms with Crippen LogP contribution in [0.3, 0.4) is 0 Å². The lowest BCUT2D eigenvalue weighted by atomic mass is 9.96. The summed E-state index contributed by atoms with van der Waals surface area (Å²) >= 11 is 1.63. The zero-order valence-corrected chi connectivity index (χ0v) is 11.5. The quantitative estimate of drug-likeness (QED) is 0.628. The number of thiophene rings is 1. The molecule has 0 unspecified atom stereocenters. The van der Waals surface area contributed by atoms with Crippen LogP contribution in [-0.2, 0) is 6.42 Å². The number of aryl methyl sites for hydroxylation is 1. The van der Waals surface area contributed by atoms with Gasteiger partial charge in [-0.15, -0.1) is 11.3 Å². The molecule has 1 nitrogen and oxygen atoms in total. The number of rotatable bonds is 3. The van der Waals surface area contributed by atoms with Gasteiger partial charge in [-0.25, -0.2) is 0 Å². The van der Waals surface area contributed by atoms with Gasteiger partial charge in [0.2, 0.25) is 0 Å². The summed E-state index contributed by atoms with van der Waals surface area (Å²) in [4.78, 5) is 12.7. The number of hydrogen-bond acceptors (Lipinski definition) is 2. The van der Waals surface area contributed by atoms with E-state index < -0.39 is 0 Å². The van der Waals surface area contributed by atoms with Crippen molar-refractivity contribution in [3.8, 4) is 0 Å². The molecule has 0 saturated heterocycles. The van der Waals surface area contributed by atoms with Crippen molar-refractivity contribution in [1.82, 2.24) is 0 Å². The number of carbonyl (C=O) groups excluding carboxylic acids is 1. The number of fused-ring (bicyclic) bond motifs is 1. The Balaban J connectivity index is 2.16. The number of carbonyl (C=O) groups is 1. The molecule has 0 radical (unpaired) electrons. The fourth-order valence-corrected chi connectivity index (χ4v) is 3.28. The van der Waals surface area contributed by atoms with Crippen LogP contribution in [0.15, 0.2) is 53.9 Å². The molecule has 19 heavy (non-hydrogen) atoms. The predicted molar refractivity (Wildman–Crippen MR) is 81.1 cm³/mol. The topological polar surface area (TPSA) is 17.1 Å². The van der Waals surface area contributed by atoms with Gasteiger partial charge in [-0.05, 0) is 34.9 Å². The summed E-state index contributed by atoms with van der Waals surface area (Å²) < 4.78 is 1.08. The molecule has 0 N–H and O–H groups in total. The van der Waals surface area contributed by atoms with Crippen LogP contribution in [0.5, 0.6) is 0 Å². The van der Waals surface area contributed by atoms with Gasteiger partial charge < -0.3 is 0 Å². The van der Waals surface area contributed by atoms with E-state index in [1.807, 2.05) is 47.8 Å². The van der Waals surface area contributed by atoms with Gasteiger partial charge in [0.05, 0.1) is 0 Å². The van der Waals surface area contributed by atoms with Crippen LogP contribution < -0.4 is 0 Å². The molecule has 1 aromatic heterocycles. The second-order valence-corrected chi connectivity index (χ2v) is 5.40. The summed E-state index contributed by atoms with van der Waals surface area (Å²) in [6, 6.07) is 15.9. The van der Waals surface area contributed by atoms with Gasteiger partial charge in [0.25, 0.3) is 0 Å². The Labute approximate surface area is 116 Å². The van der Waals surface area contributed by atoms with Crippen molar-refractivity contribution >= 4 is 27.2 Å². The van der Waals surface area contributed by atoms with Crippen molar-refractivity contribution < 1.29 is 4.79 Å². The monoisotopic (exact) mass is 266 g/mol. The Hall–Kier alpha value is -1.93. The minimum absolute atomic E-state index is 0.130. The molecule has 2 aromatic carbocycles. The summed E-state index contributed by atoms with van der Waals surface area (Å²) in [5.74, 6) is 0.130. The predicted octanol–water partition coefficient (Wildman–Crippen LogP) is 4.69. The van der Waals surface area contributed by atoms with E-state index in [0.29, 0.717) is 0 Å². The van der Waals surface area contributed by atoms with Crippen LogP contribution in [0.2, 0.25) is 0 Å². The van der Waals surface area contributed by atoms with Crippen LogP contribution in [0.1, 0.15) is 28.4 Å². The van der Waals surface area contributed by atoms with Gasteiger partial charge in [-0.1, -0.05) is 43.3 Å². The maximum atomic E-state index is 12.7. The summed E-state index contributed by atoms with van der Waals surface area (Å²) in [6.45, 7) is 2.08. The van der Waals surface area contributed by atoms with E-state index in [1.54, 1.807) is 11.3 Å². The van der Waals surface area contributed by atoms with Crippen molar-refractivity contribution in [1.29, 1.82) is 0 Å². The van der Waals surface area contributed by atoms with Gasteiger partial charge in [-0.3, -0.25) is 4.79 Å². The number of benzene rings is 2. The fourth-order valence-electron chi connectivity index (χ4n) is 2.37. The molecular weight excluding hydrogens is 252 g/mol. The number of ketones is 1. The van der Waals surface area contributed by atoms with E-state index in [-0.39, 0.29) is 5.78 Å². The van der Waals surface area contributed by atoms with E-state index in [0.717, 1.165) is 33.2 Å². The van der Waals surface area contributed by atoms with E-state index in [1.165, 1.54) is 0 Å². The normalized spacial score (nSPS) is 10.8. The van der Waals surface area contributed by atoms with Crippen LogP contribution >= 0.6 is 11.3 Å². The smallest absolute Gasteiger partial charge is 0.194 e. The molecule has 0 aliphatic carbocycles. The van der Waals surface area contributed by atoms with Crippen molar-refractivity contribution in [2.75, 3.05) is 0 Å². The van der Waals surface area contributed by atoms with Crippen molar-refractivity contribution in [3.63, 3.8) is 0 Å². The molecule has 2 heteroatoms. The van der Waals surface area contributed by atoms with Crippen LogP contribution in [0, 0.1) is 0 Å². The molecule has 0 atom stereocenters. The van der Waals surface area contributed by atoms with Gasteiger partial charge in [-0.2, -0.15) is 0 Å². The first-order valence-corrected chi connectivity index (χ1v) is 7.28. The van der Waals surface area contributed by atoms with Gasteiger partial charge in [0.15, 0.2) is 5.78 Å². The highest BCUT2D eigenvalue weighted by Crippen LogP contribution is 2.27. The second-order valence-electron chi connectivity index (χ2n) is 4.48.